The number of halogens is 1. The molecule has 1 heterocycles. The van der Waals surface area contributed by atoms with Crippen LogP contribution in [0.4, 0.5) is 11.4 Å². The Morgan fingerprint density at radius 3 is 2.24 bits per heavy atom. The summed E-state index contributed by atoms with van der Waals surface area (Å²) in [5.74, 6) is -0.170. The summed E-state index contributed by atoms with van der Waals surface area (Å²) in [4.78, 5) is 26.2. The first kappa shape index (κ1) is 19.7. The normalized spacial score (nSPS) is 15.1. The standard InChI is InChI=1S/C23H21ClN2O2S/c24-17-10-8-16(9-11-17)23(12-1-2-13-23)22(28)26-19-6-3-5-18(15-19)25-21(27)20-7-4-14-29-20/h3-11,14-15H,1-2,12-13H2,(H,25,27)(H,26,28). The zero-order valence-electron chi connectivity index (χ0n) is 15.8. The largest absolute Gasteiger partial charge is 0.325 e. The third-order valence-corrected chi connectivity index (χ3v) is 6.53. The molecular formula is C23H21ClN2O2S. The van der Waals surface area contributed by atoms with Crippen molar-refractivity contribution in [3.63, 3.8) is 0 Å². The van der Waals surface area contributed by atoms with Crippen LogP contribution in [0.15, 0.2) is 66.0 Å². The van der Waals surface area contributed by atoms with Crippen molar-refractivity contribution in [1.82, 2.24) is 0 Å². The molecule has 0 radical (unpaired) electrons. The van der Waals surface area contributed by atoms with Gasteiger partial charge in [-0.1, -0.05) is 48.7 Å². The average molecular weight is 425 g/mol. The number of rotatable bonds is 5. The number of thiophene rings is 1. The molecule has 0 unspecified atom stereocenters. The van der Waals surface area contributed by atoms with Gasteiger partial charge in [0.2, 0.25) is 5.91 Å². The van der Waals surface area contributed by atoms with Crippen molar-refractivity contribution in [1.29, 1.82) is 0 Å². The highest BCUT2D eigenvalue weighted by Crippen LogP contribution is 2.42. The summed E-state index contributed by atoms with van der Waals surface area (Å²) >= 11 is 7.42. The molecule has 2 N–H and O–H groups in total. The van der Waals surface area contributed by atoms with Crippen LogP contribution in [0.5, 0.6) is 0 Å². The minimum absolute atomic E-state index is 0.0148. The van der Waals surface area contributed by atoms with Gasteiger partial charge in [0.05, 0.1) is 10.3 Å². The summed E-state index contributed by atoms with van der Waals surface area (Å²) in [7, 11) is 0. The van der Waals surface area contributed by atoms with Gasteiger partial charge >= 0.3 is 0 Å². The molecule has 0 atom stereocenters. The molecule has 2 amide bonds. The number of hydrogen-bond acceptors (Lipinski definition) is 3. The number of carbonyl (C=O) groups excluding carboxylic acids is 2. The second-order valence-electron chi connectivity index (χ2n) is 7.26. The van der Waals surface area contributed by atoms with Crippen molar-refractivity contribution >= 4 is 46.1 Å². The van der Waals surface area contributed by atoms with E-state index < -0.39 is 5.41 Å². The van der Waals surface area contributed by atoms with Crippen LogP contribution in [0.2, 0.25) is 5.02 Å². The van der Waals surface area contributed by atoms with E-state index in [0.29, 0.717) is 21.3 Å². The summed E-state index contributed by atoms with van der Waals surface area (Å²) in [6, 6.07) is 18.5. The third-order valence-electron chi connectivity index (χ3n) is 5.41. The number of anilines is 2. The topological polar surface area (TPSA) is 58.2 Å². The molecule has 29 heavy (non-hydrogen) atoms. The lowest BCUT2D eigenvalue weighted by Gasteiger charge is -2.28. The van der Waals surface area contributed by atoms with Crippen LogP contribution in [0.25, 0.3) is 0 Å². The van der Waals surface area contributed by atoms with Crippen molar-refractivity contribution in [3.8, 4) is 0 Å². The second kappa shape index (κ2) is 8.39. The van der Waals surface area contributed by atoms with Gasteiger partial charge in [0.15, 0.2) is 0 Å². The molecule has 1 fully saturated rings. The molecule has 1 saturated carbocycles. The van der Waals surface area contributed by atoms with Crippen molar-refractivity contribution in [3.05, 3.63) is 81.5 Å². The summed E-state index contributed by atoms with van der Waals surface area (Å²) in [6.45, 7) is 0. The van der Waals surface area contributed by atoms with Gasteiger partial charge in [-0.25, -0.2) is 0 Å². The zero-order valence-corrected chi connectivity index (χ0v) is 17.4. The maximum Gasteiger partial charge on any atom is 0.265 e. The van der Waals surface area contributed by atoms with Crippen molar-refractivity contribution < 1.29 is 9.59 Å². The first-order valence-electron chi connectivity index (χ1n) is 9.59. The predicted molar refractivity (Wildman–Crippen MR) is 119 cm³/mol. The fraction of sp³-hybridized carbons (Fsp3) is 0.217. The van der Waals surface area contributed by atoms with Crippen LogP contribution in [-0.2, 0) is 10.2 Å². The summed E-state index contributed by atoms with van der Waals surface area (Å²) in [5, 5.41) is 8.47. The Morgan fingerprint density at radius 1 is 0.897 bits per heavy atom. The molecule has 6 heteroatoms. The molecule has 2 aromatic carbocycles. The summed E-state index contributed by atoms with van der Waals surface area (Å²) in [5.41, 5.74) is 1.77. The molecule has 4 rings (SSSR count). The molecule has 1 aromatic heterocycles. The Hall–Kier alpha value is -2.63. The van der Waals surface area contributed by atoms with E-state index in [0.717, 1.165) is 31.2 Å². The third kappa shape index (κ3) is 4.21. The van der Waals surface area contributed by atoms with Crippen LogP contribution in [-0.4, -0.2) is 11.8 Å². The van der Waals surface area contributed by atoms with Gasteiger partial charge in [-0.05, 0) is 60.2 Å². The fourth-order valence-electron chi connectivity index (χ4n) is 3.92. The van der Waals surface area contributed by atoms with E-state index in [-0.39, 0.29) is 11.8 Å². The Bertz CT molecular complexity index is 1010. The second-order valence-corrected chi connectivity index (χ2v) is 8.65. The quantitative estimate of drug-likeness (QED) is 0.519. The number of benzene rings is 2. The Balaban J connectivity index is 1.52. The van der Waals surface area contributed by atoms with E-state index in [2.05, 4.69) is 10.6 Å². The smallest absolute Gasteiger partial charge is 0.265 e. The van der Waals surface area contributed by atoms with Gasteiger partial charge in [0.1, 0.15) is 0 Å². The Kier molecular flexibility index (Phi) is 5.69. The van der Waals surface area contributed by atoms with E-state index in [1.54, 1.807) is 12.1 Å². The lowest BCUT2D eigenvalue weighted by atomic mass is 9.78. The minimum Gasteiger partial charge on any atom is -0.325 e. The average Bonchev–Trinajstić information content (AvgIpc) is 3.42. The molecule has 0 bridgehead atoms. The Morgan fingerprint density at radius 2 is 1.59 bits per heavy atom. The van der Waals surface area contributed by atoms with E-state index in [4.69, 9.17) is 11.6 Å². The number of nitrogens with one attached hydrogen (secondary N) is 2. The highest BCUT2D eigenvalue weighted by molar-refractivity contribution is 7.12. The van der Waals surface area contributed by atoms with Gasteiger partial charge in [0.25, 0.3) is 5.91 Å². The molecule has 0 spiro atoms. The number of hydrogen-bond donors (Lipinski definition) is 2. The van der Waals surface area contributed by atoms with Crippen LogP contribution >= 0.6 is 22.9 Å². The lowest BCUT2D eigenvalue weighted by molar-refractivity contribution is -0.121. The van der Waals surface area contributed by atoms with E-state index in [1.165, 1.54) is 11.3 Å². The first-order valence-corrected chi connectivity index (χ1v) is 10.8. The molecule has 148 valence electrons. The fourth-order valence-corrected chi connectivity index (χ4v) is 4.67. The summed E-state index contributed by atoms with van der Waals surface area (Å²) in [6.07, 6.45) is 3.67. The van der Waals surface area contributed by atoms with Gasteiger partial charge < -0.3 is 10.6 Å². The van der Waals surface area contributed by atoms with Crippen LogP contribution in [0, 0.1) is 0 Å². The van der Waals surface area contributed by atoms with Crippen molar-refractivity contribution in [2.24, 2.45) is 0 Å². The van der Waals surface area contributed by atoms with Crippen LogP contribution in [0.1, 0.15) is 40.9 Å². The highest BCUT2D eigenvalue weighted by atomic mass is 35.5. The molecule has 1 aliphatic carbocycles. The first-order chi connectivity index (χ1) is 14.1. The summed E-state index contributed by atoms with van der Waals surface area (Å²) < 4.78 is 0. The Labute approximate surface area is 178 Å². The van der Waals surface area contributed by atoms with E-state index in [1.807, 2.05) is 53.9 Å². The van der Waals surface area contributed by atoms with Gasteiger partial charge in [-0.2, -0.15) is 0 Å². The van der Waals surface area contributed by atoms with E-state index in [9.17, 15) is 9.59 Å². The van der Waals surface area contributed by atoms with Crippen LogP contribution in [0.3, 0.4) is 0 Å². The maximum atomic E-state index is 13.3. The van der Waals surface area contributed by atoms with Gasteiger partial charge in [-0.15, -0.1) is 11.3 Å². The SMILES string of the molecule is O=C(Nc1cccc(NC(=O)C2(c3ccc(Cl)cc3)CCCC2)c1)c1cccs1. The van der Waals surface area contributed by atoms with E-state index >= 15 is 0 Å². The highest BCUT2D eigenvalue weighted by Gasteiger charge is 2.42. The molecule has 3 aromatic rings. The molecule has 0 saturated heterocycles. The molecular weight excluding hydrogens is 404 g/mol. The monoisotopic (exact) mass is 424 g/mol. The van der Waals surface area contributed by atoms with Gasteiger partial charge in [0, 0.05) is 16.4 Å². The molecule has 1 aliphatic rings. The van der Waals surface area contributed by atoms with Gasteiger partial charge in [-0.3, -0.25) is 9.59 Å². The lowest BCUT2D eigenvalue weighted by Crippen LogP contribution is -2.38. The minimum atomic E-state index is -0.541. The predicted octanol–water partition coefficient (Wildman–Crippen LogP) is 6.10. The molecule has 4 nitrogen and oxygen atoms in total. The maximum absolute atomic E-state index is 13.3. The van der Waals surface area contributed by atoms with Crippen molar-refractivity contribution in [2.75, 3.05) is 10.6 Å². The number of carbonyl (C=O) groups is 2. The van der Waals surface area contributed by atoms with Crippen molar-refractivity contribution in [2.45, 2.75) is 31.1 Å². The zero-order chi connectivity index (χ0) is 20.3. The van der Waals surface area contributed by atoms with Crippen LogP contribution < -0.4 is 10.6 Å². The number of amides is 2. The molecule has 0 aliphatic heterocycles.